The summed E-state index contributed by atoms with van der Waals surface area (Å²) in [6, 6.07) is 4.03. The Kier molecular flexibility index (Phi) is 5.40. The lowest BCUT2D eigenvalue weighted by atomic mass is 10.2. The molecule has 0 bridgehead atoms. The number of benzene rings is 1. The quantitative estimate of drug-likeness (QED) is 0.690. The summed E-state index contributed by atoms with van der Waals surface area (Å²) in [6.07, 6.45) is 1.09. The van der Waals surface area contributed by atoms with Crippen LogP contribution in [0.15, 0.2) is 23.1 Å². The lowest BCUT2D eigenvalue weighted by Crippen LogP contribution is -2.33. The van der Waals surface area contributed by atoms with Crippen LogP contribution in [0.2, 0.25) is 5.02 Å². The van der Waals surface area contributed by atoms with Gasteiger partial charge < -0.3 is 10.8 Å². The van der Waals surface area contributed by atoms with E-state index in [-0.39, 0.29) is 22.6 Å². The number of aliphatic hydroxyl groups excluding tert-OH is 1. The van der Waals surface area contributed by atoms with E-state index in [0.717, 1.165) is 0 Å². The van der Waals surface area contributed by atoms with Crippen LogP contribution < -0.4 is 10.5 Å². The van der Waals surface area contributed by atoms with Gasteiger partial charge in [0.2, 0.25) is 10.0 Å². The molecule has 0 aliphatic rings. The van der Waals surface area contributed by atoms with Crippen molar-refractivity contribution in [2.24, 2.45) is 0 Å². The van der Waals surface area contributed by atoms with Gasteiger partial charge in [-0.05, 0) is 38.0 Å². The smallest absolute Gasteiger partial charge is 0.242 e. The molecule has 0 heterocycles. The summed E-state index contributed by atoms with van der Waals surface area (Å²) in [5.74, 6) is 0. The van der Waals surface area contributed by atoms with Crippen molar-refractivity contribution < 1.29 is 13.5 Å². The van der Waals surface area contributed by atoms with Gasteiger partial charge >= 0.3 is 0 Å². The number of sulfonamides is 1. The third-order valence-electron chi connectivity index (χ3n) is 2.40. The topological polar surface area (TPSA) is 92.4 Å². The molecule has 0 saturated heterocycles. The zero-order valence-electron chi connectivity index (χ0n) is 10.1. The van der Waals surface area contributed by atoms with Gasteiger partial charge in [0.15, 0.2) is 0 Å². The number of nitrogen functional groups attached to an aromatic ring is 1. The van der Waals surface area contributed by atoms with Crippen LogP contribution in [0, 0.1) is 0 Å². The fourth-order valence-electron chi connectivity index (χ4n) is 1.51. The molecule has 0 aromatic heterocycles. The number of halogens is 1. The Morgan fingerprint density at radius 1 is 1.50 bits per heavy atom. The molecule has 0 amide bonds. The first kappa shape index (κ1) is 15.2. The molecule has 18 heavy (non-hydrogen) atoms. The fourth-order valence-corrected chi connectivity index (χ4v) is 3.32. The predicted octanol–water partition coefficient (Wildman–Crippen LogP) is 1.36. The number of hydrogen-bond donors (Lipinski definition) is 3. The Balaban J connectivity index is 2.89. The number of hydrogen-bond acceptors (Lipinski definition) is 4. The van der Waals surface area contributed by atoms with Crippen LogP contribution in [-0.2, 0) is 10.0 Å². The molecule has 1 aromatic rings. The molecular weight excluding hydrogens is 276 g/mol. The molecule has 0 saturated carbocycles. The molecule has 0 aliphatic carbocycles. The first-order chi connectivity index (χ1) is 8.36. The first-order valence-electron chi connectivity index (χ1n) is 5.55. The van der Waals surface area contributed by atoms with E-state index in [1.807, 2.05) is 0 Å². The monoisotopic (exact) mass is 292 g/mol. The van der Waals surface area contributed by atoms with Crippen LogP contribution in [0.1, 0.15) is 19.8 Å². The molecule has 4 N–H and O–H groups in total. The van der Waals surface area contributed by atoms with Gasteiger partial charge in [0, 0.05) is 18.3 Å². The largest absolute Gasteiger partial charge is 0.399 e. The number of aliphatic hydroxyl groups is 1. The van der Waals surface area contributed by atoms with E-state index in [0.29, 0.717) is 18.5 Å². The normalized spacial score (nSPS) is 13.5. The minimum Gasteiger partial charge on any atom is -0.399 e. The highest BCUT2D eigenvalue weighted by atomic mass is 35.5. The zero-order valence-corrected chi connectivity index (χ0v) is 11.6. The Labute approximate surface area is 112 Å². The minimum atomic E-state index is -3.69. The van der Waals surface area contributed by atoms with E-state index in [4.69, 9.17) is 22.4 Å². The summed E-state index contributed by atoms with van der Waals surface area (Å²) in [5, 5.41) is 8.83. The van der Waals surface area contributed by atoms with Crippen LogP contribution in [0.5, 0.6) is 0 Å². The van der Waals surface area contributed by atoms with Crippen molar-refractivity contribution in [2.45, 2.75) is 30.7 Å². The average molecular weight is 293 g/mol. The lowest BCUT2D eigenvalue weighted by Gasteiger charge is -2.14. The molecule has 0 fully saturated rings. The van der Waals surface area contributed by atoms with Crippen LogP contribution >= 0.6 is 11.6 Å². The van der Waals surface area contributed by atoms with Crippen molar-refractivity contribution in [3.63, 3.8) is 0 Å². The molecule has 1 unspecified atom stereocenters. The first-order valence-corrected chi connectivity index (χ1v) is 7.41. The van der Waals surface area contributed by atoms with Crippen molar-refractivity contribution in [3.8, 4) is 0 Å². The summed E-state index contributed by atoms with van der Waals surface area (Å²) >= 11 is 5.85. The zero-order chi connectivity index (χ0) is 13.8. The number of nitrogens with two attached hydrogens (primary N) is 1. The summed E-state index contributed by atoms with van der Waals surface area (Å²) < 4.78 is 26.6. The van der Waals surface area contributed by atoms with Crippen LogP contribution in [-0.4, -0.2) is 26.2 Å². The summed E-state index contributed by atoms with van der Waals surface area (Å²) in [5.41, 5.74) is 5.89. The number of nitrogens with one attached hydrogen (secondary N) is 1. The molecule has 102 valence electrons. The Morgan fingerprint density at radius 3 is 2.78 bits per heavy atom. The number of rotatable bonds is 6. The molecule has 5 nitrogen and oxygen atoms in total. The van der Waals surface area contributed by atoms with Gasteiger partial charge in [-0.3, -0.25) is 0 Å². The second kappa shape index (κ2) is 6.38. The van der Waals surface area contributed by atoms with Gasteiger partial charge in [0.1, 0.15) is 4.90 Å². The second-order valence-electron chi connectivity index (χ2n) is 4.08. The highest BCUT2D eigenvalue weighted by Gasteiger charge is 2.20. The van der Waals surface area contributed by atoms with Gasteiger partial charge in [0.25, 0.3) is 0 Å². The van der Waals surface area contributed by atoms with E-state index in [9.17, 15) is 8.42 Å². The van der Waals surface area contributed by atoms with E-state index in [1.54, 1.807) is 6.92 Å². The second-order valence-corrected chi connectivity index (χ2v) is 6.17. The maximum atomic E-state index is 12.1. The minimum absolute atomic E-state index is 0.0278. The van der Waals surface area contributed by atoms with Gasteiger partial charge in [0.05, 0.1) is 5.02 Å². The standard InChI is InChI=1S/C11H17ClN2O3S/c1-8(3-2-6-15)14-18(16,17)11-7-9(13)4-5-10(11)12/h4-5,7-8,14-15H,2-3,6,13H2,1H3. The molecule has 1 rings (SSSR count). The SMILES string of the molecule is CC(CCCO)NS(=O)(=O)c1cc(N)ccc1Cl. The van der Waals surface area contributed by atoms with Crippen LogP contribution in [0.3, 0.4) is 0 Å². The van der Waals surface area contributed by atoms with E-state index in [2.05, 4.69) is 4.72 Å². The average Bonchev–Trinajstić information content (AvgIpc) is 2.29. The Hall–Kier alpha value is -0.820. The van der Waals surface area contributed by atoms with Gasteiger partial charge in [-0.15, -0.1) is 0 Å². The highest BCUT2D eigenvalue weighted by molar-refractivity contribution is 7.89. The number of anilines is 1. The Bertz CT molecular complexity index is 505. The molecule has 1 aromatic carbocycles. The maximum Gasteiger partial charge on any atom is 0.242 e. The molecular formula is C11H17ClN2O3S. The van der Waals surface area contributed by atoms with Crippen LogP contribution in [0.25, 0.3) is 0 Å². The summed E-state index contributed by atoms with van der Waals surface area (Å²) in [7, 11) is -3.69. The van der Waals surface area contributed by atoms with Gasteiger partial charge in [-0.25, -0.2) is 13.1 Å². The molecule has 0 spiro atoms. The van der Waals surface area contributed by atoms with Crippen molar-refractivity contribution in [3.05, 3.63) is 23.2 Å². The lowest BCUT2D eigenvalue weighted by molar-refractivity contribution is 0.279. The Morgan fingerprint density at radius 2 is 2.17 bits per heavy atom. The third-order valence-corrected chi connectivity index (χ3v) is 4.47. The summed E-state index contributed by atoms with van der Waals surface area (Å²) in [6.45, 7) is 1.76. The van der Waals surface area contributed by atoms with Crippen LogP contribution in [0.4, 0.5) is 5.69 Å². The van der Waals surface area contributed by atoms with Gasteiger partial charge in [-0.1, -0.05) is 11.6 Å². The highest BCUT2D eigenvalue weighted by Crippen LogP contribution is 2.23. The molecule has 1 atom stereocenters. The van der Waals surface area contributed by atoms with E-state index >= 15 is 0 Å². The van der Waals surface area contributed by atoms with Crippen molar-refractivity contribution in [2.75, 3.05) is 12.3 Å². The predicted molar refractivity (Wildman–Crippen MR) is 72.0 cm³/mol. The molecule has 0 aliphatic heterocycles. The van der Waals surface area contributed by atoms with Crippen molar-refractivity contribution in [1.29, 1.82) is 0 Å². The maximum absolute atomic E-state index is 12.1. The van der Waals surface area contributed by atoms with Crippen molar-refractivity contribution in [1.82, 2.24) is 4.72 Å². The molecule has 0 radical (unpaired) electrons. The summed E-state index contributed by atoms with van der Waals surface area (Å²) in [4.78, 5) is -0.0278. The van der Waals surface area contributed by atoms with Gasteiger partial charge in [-0.2, -0.15) is 0 Å². The van der Waals surface area contributed by atoms with Crippen molar-refractivity contribution >= 4 is 27.3 Å². The fraction of sp³-hybridized carbons (Fsp3) is 0.455. The van der Waals surface area contributed by atoms with E-state index in [1.165, 1.54) is 18.2 Å². The third kappa shape index (κ3) is 4.13. The van der Waals surface area contributed by atoms with E-state index < -0.39 is 10.0 Å². The molecule has 7 heteroatoms.